The minimum atomic E-state index is -1.17. The largest absolute Gasteiger partial charge is 0.508 e. The summed E-state index contributed by atoms with van der Waals surface area (Å²) in [4.78, 5) is 12.5. The highest BCUT2D eigenvalue weighted by molar-refractivity contribution is 7.80. The molecule has 9 heteroatoms. The Balaban J connectivity index is 0.000000393. The highest BCUT2D eigenvalue weighted by atomic mass is 32.1. The molecular weight excluding hydrogens is 406 g/mol. The van der Waals surface area contributed by atoms with Gasteiger partial charge in [-0.3, -0.25) is 0 Å². The van der Waals surface area contributed by atoms with E-state index in [4.69, 9.17) is 15.2 Å². The molecule has 3 aromatic carbocycles. The van der Waals surface area contributed by atoms with Crippen molar-refractivity contribution in [2.24, 2.45) is 11.6 Å². The molecule has 2 heterocycles. The number of rotatable bonds is 0. The molecule has 0 radical (unpaired) electrons. The van der Waals surface area contributed by atoms with Gasteiger partial charge in [-0.15, -0.1) is 0 Å². The third-order valence-electron chi connectivity index (χ3n) is 4.82. The van der Waals surface area contributed by atoms with E-state index in [9.17, 15) is 15.0 Å². The van der Waals surface area contributed by atoms with Crippen LogP contribution in [-0.2, 0) is 10.3 Å². The van der Waals surface area contributed by atoms with Crippen molar-refractivity contribution in [3.63, 3.8) is 0 Å². The van der Waals surface area contributed by atoms with E-state index in [2.05, 4.69) is 18.1 Å². The van der Waals surface area contributed by atoms with E-state index in [-0.39, 0.29) is 16.6 Å². The molecule has 0 atom stereocenters. The lowest BCUT2D eigenvalue weighted by atomic mass is 9.77. The van der Waals surface area contributed by atoms with Crippen LogP contribution in [0.4, 0.5) is 0 Å². The van der Waals surface area contributed by atoms with Crippen LogP contribution in [0.5, 0.6) is 23.0 Å². The summed E-state index contributed by atoms with van der Waals surface area (Å²) in [7, 11) is 0. The van der Waals surface area contributed by atoms with E-state index in [1.54, 1.807) is 24.3 Å². The summed E-state index contributed by atoms with van der Waals surface area (Å²) in [6, 6.07) is 16.6. The van der Waals surface area contributed by atoms with Crippen LogP contribution in [0.15, 0.2) is 60.7 Å². The fraction of sp³-hybridized carbons (Fsp3) is 0.0476. The minimum absolute atomic E-state index is 0.0371. The second kappa shape index (κ2) is 7.21. The third-order valence-corrected chi connectivity index (χ3v) is 4.94. The summed E-state index contributed by atoms with van der Waals surface area (Å²) >= 11 is 4.24. The van der Waals surface area contributed by atoms with Crippen molar-refractivity contribution in [1.29, 1.82) is 0 Å². The van der Waals surface area contributed by atoms with Crippen LogP contribution in [0.1, 0.15) is 27.0 Å². The van der Waals surface area contributed by atoms with Gasteiger partial charge in [0, 0.05) is 28.8 Å². The summed E-state index contributed by atoms with van der Waals surface area (Å²) in [6.45, 7) is 0. The minimum Gasteiger partial charge on any atom is -0.508 e. The first-order valence-corrected chi connectivity index (χ1v) is 9.21. The maximum absolute atomic E-state index is 12.5. The number of esters is 1. The number of aromatic hydroxyl groups is 2. The van der Waals surface area contributed by atoms with E-state index in [0.29, 0.717) is 33.8 Å². The van der Waals surface area contributed by atoms with Gasteiger partial charge in [-0.2, -0.15) is 0 Å². The average molecular weight is 423 g/mol. The maximum atomic E-state index is 12.5. The number of nitrogens with two attached hydrogens (primary N) is 2. The third kappa shape index (κ3) is 2.97. The number of benzene rings is 3. The Morgan fingerprint density at radius 2 is 1.47 bits per heavy atom. The molecule has 0 aliphatic carbocycles. The van der Waals surface area contributed by atoms with Gasteiger partial charge in [-0.25, -0.2) is 10.6 Å². The van der Waals surface area contributed by atoms with Crippen molar-refractivity contribution < 1.29 is 24.5 Å². The average Bonchev–Trinajstić information content (AvgIpc) is 3.01. The summed E-state index contributed by atoms with van der Waals surface area (Å²) in [5, 5.41) is 19.8. The number of phenols is 2. The maximum Gasteiger partial charge on any atom is 0.340 e. The number of fused-ring (bicyclic) bond motifs is 6. The SMILES string of the molecule is NNC(N)=S.O=C1OC2(c3ccc(O)cc3Oc3cc(O)ccc32)c2ccccc21. The zero-order valence-electron chi connectivity index (χ0n) is 15.5. The zero-order chi connectivity index (χ0) is 21.5. The molecule has 2 aliphatic rings. The van der Waals surface area contributed by atoms with Crippen molar-refractivity contribution >= 4 is 23.3 Å². The number of hydrogen-bond donors (Lipinski definition) is 5. The molecular formula is C21H17N3O5S. The van der Waals surface area contributed by atoms with Crippen LogP contribution in [0.3, 0.4) is 0 Å². The molecule has 1 spiro atoms. The number of hydrogen-bond acceptors (Lipinski definition) is 7. The summed E-state index contributed by atoms with van der Waals surface area (Å²) in [5.41, 5.74) is 8.11. The topological polar surface area (TPSA) is 140 Å². The molecule has 0 fully saturated rings. The molecule has 5 rings (SSSR count). The van der Waals surface area contributed by atoms with Gasteiger partial charge >= 0.3 is 5.97 Å². The van der Waals surface area contributed by atoms with E-state index < -0.39 is 11.6 Å². The molecule has 7 N–H and O–H groups in total. The van der Waals surface area contributed by atoms with Crippen LogP contribution < -0.4 is 21.7 Å². The predicted octanol–water partition coefficient (Wildman–Crippen LogP) is 2.36. The zero-order valence-corrected chi connectivity index (χ0v) is 16.3. The van der Waals surface area contributed by atoms with Crippen LogP contribution in [0, 0.1) is 0 Å². The van der Waals surface area contributed by atoms with E-state index in [1.807, 2.05) is 17.6 Å². The number of hydrazine groups is 1. The van der Waals surface area contributed by atoms with E-state index >= 15 is 0 Å². The van der Waals surface area contributed by atoms with Gasteiger partial charge in [0.2, 0.25) is 0 Å². The normalized spacial score (nSPS) is 14.2. The van der Waals surface area contributed by atoms with Crippen LogP contribution in [0.25, 0.3) is 0 Å². The first-order chi connectivity index (χ1) is 14.4. The fourth-order valence-electron chi connectivity index (χ4n) is 3.65. The second-order valence-electron chi connectivity index (χ2n) is 6.59. The second-order valence-corrected chi connectivity index (χ2v) is 7.03. The van der Waals surface area contributed by atoms with Crippen molar-refractivity contribution in [2.45, 2.75) is 5.60 Å². The molecule has 8 nitrogen and oxygen atoms in total. The van der Waals surface area contributed by atoms with Gasteiger partial charge in [0.25, 0.3) is 0 Å². The summed E-state index contributed by atoms with van der Waals surface area (Å²) < 4.78 is 11.8. The number of carbonyl (C=O) groups is 1. The van der Waals surface area contributed by atoms with Gasteiger partial charge in [0.1, 0.15) is 23.0 Å². The molecule has 30 heavy (non-hydrogen) atoms. The Morgan fingerprint density at radius 3 is 2.00 bits per heavy atom. The predicted molar refractivity (Wildman–Crippen MR) is 112 cm³/mol. The lowest BCUT2D eigenvalue weighted by Gasteiger charge is -2.36. The Bertz CT molecular complexity index is 1130. The smallest absolute Gasteiger partial charge is 0.340 e. The Hall–Kier alpha value is -3.82. The van der Waals surface area contributed by atoms with Gasteiger partial charge in [0.15, 0.2) is 10.7 Å². The molecule has 0 saturated heterocycles. The molecule has 152 valence electrons. The first-order valence-electron chi connectivity index (χ1n) is 8.80. The van der Waals surface area contributed by atoms with Crippen molar-refractivity contribution in [2.75, 3.05) is 0 Å². The number of nitrogens with one attached hydrogen (secondary N) is 1. The van der Waals surface area contributed by atoms with Gasteiger partial charge in [-0.05, 0) is 42.5 Å². The number of phenolic OH excluding ortho intramolecular Hbond substituents is 2. The van der Waals surface area contributed by atoms with Gasteiger partial charge in [0.05, 0.1) is 5.56 Å². The number of ether oxygens (including phenoxy) is 2. The molecule has 0 saturated carbocycles. The van der Waals surface area contributed by atoms with Crippen LogP contribution in [0.2, 0.25) is 0 Å². The monoisotopic (exact) mass is 423 g/mol. The lowest BCUT2D eigenvalue weighted by Crippen LogP contribution is -2.34. The fourth-order valence-corrected chi connectivity index (χ4v) is 3.65. The van der Waals surface area contributed by atoms with Crippen LogP contribution in [-0.4, -0.2) is 21.3 Å². The van der Waals surface area contributed by atoms with Gasteiger partial charge in [-0.1, -0.05) is 18.2 Å². The molecule has 0 unspecified atom stereocenters. The molecule has 0 amide bonds. The van der Waals surface area contributed by atoms with E-state index in [0.717, 1.165) is 0 Å². The lowest BCUT2D eigenvalue weighted by molar-refractivity contribution is 0.0224. The Labute approximate surface area is 176 Å². The molecule has 0 aromatic heterocycles. The highest BCUT2D eigenvalue weighted by Gasteiger charge is 2.53. The van der Waals surface area contributed by atoms with Gasteiger partial charge < -0.3 is 30.8 Å². The number of thiocarbonyl (C=S) groups is 1. The van der Waals surface area contributed by atoms with E-state index in [1.165, 1.54) is 24.3 Å². The summed E-state index contributed by atoms with van der Waals surface area (Å²) in [5.74, 6) is 5.06. The molecule has 2 aliphatic heterocycles. The van der Waals surface area contributed by atoms with Crippen molar-refractivity contribution in [3.8, 4) is 23.0 Å². The highest BCUT2D eigenvalue weighted by Crippen LogP contribution is 2.56. The molecule has 3 aromatic rings. The summed E-state index contributed by atoms with van der Waals surface area (Å²) in [6.07, 6.45) is 0. The van der Waals surface area contributed by atoms with Crippen LogP contribution >= 0.6 is 12.2 Å². The van der Waals surface area contributed by atoms with Crippen molar-refractivity contribution in [3.05, 3.63) is 82.9 Å². The van der Waals surface area contributed by atoms with Crippen molar-refractivity contribution in [1.82, 2.24) is 5.43 Å². The first kappa shape index (κ1) is 19.5. The molecule has 0 bridgehead atoms. The number of carbonyl (C=O) groups excluding carboxylic acids is 1. The Kier molecular flexibility index (Phi) is 4.69. The standard InChI is InChI=1S/C20H12O5.CH5N3S/c21-11-5-7-15-17(9-11)24-18-10-12(22)6-8-16(18)20(15)14-4-2-1-3-13(14)19(23)25-20;2-1(5)4-3/h1-10,21-22H;3H2,(H3,2,4,5). The quantitative estimate of drug-likeness (QED) is 0.159. The Morgan fingerprint density at radius 1 is 0.933 bits per heavy atom.